The monoisotopic (exact) mass is 215 g/mol. The molecule has 0 aromatic heterocycles. The molecule has 2 nitrogen and oxygen atoms in total. The molecule has 0 radical (unpaired) electrons. The molecule has 80 valence electrons. The van der Waals surface area contributed by atoms with Crippen LogP contribution in [0.25, 0.3) is 0 Å². The molecule has 0 fully saturated rings. The Balaban J connectivity index is 0.00000169. The van der Waals surface area contributed by atoms with E-state index in [0.717, 1.165) is 5.56 Å². The molecule has 0 saturated heterocycles. The van der Waals surface area contributed by atoms with E-state index in [1.807, 2.05) is 37.4 Å². The minimum Gasteiger partial charge on any atom is -0.388 e. The van der Waals surface area contributed by atoms with Crippen LogP contribution in [-0.4, -0.2) is 17.8 Å². The van der Waals surface area contributed by atoms with Crippen LogP contribution in [0.3, 0.4) is 0 Å². The first-order valence-electron chi connectivity index (χ1n) is 4.50. The van der Waals surface area contributed by atoms with Crippen molar-refractivity contribution in [2.75, 3.05) is 7.05 Å². The third kappa shape index (κ3) is 3.29. The molecule has 1 rings (SSSR count). The molecule has 0 amide bonds. The predicted molar refractivity (Wildman–Crippen MR) is 61.8 cm³/mol. The Bertz CT molecular complexity index is 256. The molecular weight excluding hydrogens is 198 g/mol. The van der Waals surface area contributed by atoms with Crippen LogP contribution < -0.4 is 5.32 Å². The number of hydrogen-bond donors (Lipinski definition) is 2. The zero-order chi connectivity index (χ0) is 9.90. The summed E-state index contributed by atoms with van der Waals surface area (Å²) < 4.78 is 0. The molecule has 3 heteroatoms. The Morgan fingerprint density at radius 1 is 1.21 bits per heavy atom. The number of nitrogens with one attached hydrogen (secondary N) is 1. The minimum absolute atomic E-state index is 0. The summed E-state index contributed by atoms with van der Waals surface area (Å²) in [6.07, 6.45) is 0. The van der Waals surface area contributed by atoms with Crippen LogP contribution >= 0.6 is 12.4 Å². The van der Waals surface area contributed by atoms with Gasteiger partial charge in [-0.1, -0.05) is 30.3 Å². The number of hydrogen-bond acceptors (Lipinski definition) is 2. The molecule has 0 bridgehead atoms. The smallest absolute Gasteiger partial charge is 0.0785 e. The van der Waals surface area contributed by atoms with Crippen LogP contribution in [0.1, 0.15) is 25.5 Å². The average Bonchev–Trinajstić information content (AvgIpc) is 2.05. The van der Waals surface area contributed by atoms with Gasteiger partial charge in [0.2, 0.25) is 0 Å². The lowest BCUT2D eigenvalue weighted by atomic mass is 9.92. The number of rotatable bonds is 3. The zero-order valence-corrected chi connectivity index (χ0v) is 9.64. The van der Waals surface area contributed by atoms with Crippen LogP contribution in [0.15, 0.2) is 30.3 Å². The van der Waals surface area contributed by atoms with Crippen molar-refractivity contribution in [3.8, 4) is 0 Å². The molecule has 1 unspecified atom stereocenters. The van der Waals surface area contributed by atoms with Gasteiger partial charge in [0.1, 0.15) is 0 Å². The van der Waals surface area contributed by atoms with Crippen molar-refractivity contribution in [3.05, 3.63) is 35.9 Å². The molecule has 0 saturated carbocycles. The van der Waals surface area contributed by atoms with E-state index in [1.165, 1.54) is 0 Å². The lowest BCUT2D eigenvalue weighted by molar-refractivity contribution is 0.0400. The molecule has 0 heterocycles. The number of likely N-dealkylation sites (N-methyl/N-ethyl adjacent to an activating group) is 1. The lowest BCUT2D eigenvalue weighted by Crippen LogP contribution is -2.37. The van der Waals surface area contributed by atoms with Gasteiger partial charge in [0.05, 0.1) is 11.6 Å². The quantitative estimate of drug-likeness (QED) is 0.810. The SMILES string of the molecule is CNC(c1ccccc1)C(C)(C)O.Cl. The zero-order valence-electron chi connectivity index (χ0n) is 8.82. The van der Waals surface area contributed by atoms with Crippen molar-refractivity contribution in [1.29, 1.82) is 0 Å². The van der Waals surface area contributed by atoms with Crippen molar-refractivity contribution < 1.29 is 5.11 Å². The molecule has 0 aliphatic carbocycles. The van der Waals surface area contributed by atoms with Gasteiger partial charge in [0, 0.05) is 0 Å². The summed E-state index contributed by atoms with van der Waals surface area (Å²) in [6.45, 7) is 3.61. The summed E-state index contributed by atoms with van der Waals surface area (Å²) >= 11 is 0. The fourth-order valence-corrected chi connectivity index (χ4v) is 1.57. The summed E-state index contributed by atoms with van der Waals surface area (Å²) in [5.41, 5.74) is 0.369. The topological polar surface area (TPSA) is 32.3 Å². The number of halogens is 1. The molecule has 1 aromatic rings. The van der Waals surface area contributed by atoms with E-state index in [2.05, 4.69) is 5.32 Å². The highest BCUT2D eigenvalue weighted by Gasteiger charge is 2.26. The van der Waals surface area contributed by atoms with Crippen LogP contribution in [0, 0.1) is 0 Å². The van der Waals surface area contributed by atoms with Gasteiger partial charge in [-0.2, -0.15) is 0 Å². The van der Waals surface area contributed by atoms with Gasteiger partial charge in [-0.3, -0.25) is 0 Å². The van der Waals surface area contributed by atoms with E-state index in [4.69, 9.17) is 0 Å². The summed E-state index contributed by atoms with van der Waals surface area (Å²) in [4.78, 5) is 0. The molecule has 0 spiro atoms. The second-order valence-corrected chi connectivity index (χ2v) is 3.79. The summed E-state index contributed by atoms with van der Waals surface area (Å²) in [6, 6.07) is 9.93. The normalized spacial score (nSPS) is 13.1. The molecule has 14 heavy (non-hydrogen) atoms. The van der Waals surface area contributed by atoms with Crippen molar-refractivity contribution >= 4 is 12.4 Å². The maximum absolute atomic E-state index is 9.87. The summed E-state index contributed by atoms with van der Waals surface area (Å²) in [7, 11) is 1.86. The largest absolute Gasteiger partial charge is 0.388 e. The standard InChI is InChI=1S/C11H17NO.ClH/c1-11(2,13)10(12-3)9-7-5-4-6-8-9;/h4-8,10,12-13H,1-3H3;1H. The van der Waals surface area contributed by atoms with Crippen molar-refractivity contribution in [3.63, 3.8) is 0 Å². The minimum atomic E-state index is -0.740. The highest BCUT2D eigenvalue weighted by atomic mass is 35.5. The van der Waals surface area contributed by atoms with E-state index in [-0.39, 0.29) is 18.4 Å². The first-order chi connectivity index (χ1) is 6.05. The maximum atomic E-state index is 9.87. The fourth-order valence-electron chi connectivity index (χ4n) is 1.57. The molecule has 1 atom stereocenters. The van der Waals surface area contributed by atoms with Gasteiger partial charge in [0.15, 0.2) is 0 Å². The lowest BCUT2D eigenvalue weighted by Gasteiger charge is -2.29. The molecule has 0 aliphatic rings. The average molecular weight is 216 g/mol. The Hall–Kier alpha value is -0.570. The third-order valence-corrected chi connectivity index (χ3v) is 2.13. The first kappa shape index (κ1) is 13.4. The van der Waals surface area contributed by atoms with Gasteiger partial charge >= 0.3 is 0 Å². The Labute approximate surface area is 91.8 Å². The molecular formula is C11H18ClNO. The predicted octanol–water partition coefficient (Wildman–Crippen LogP) is 2.14. The molecule has 2 N–H and O–H groups in total. The Kier molecular flexibility index (Phi) is 5.13. The van der Waals surface area contributed by atoms with Crippen LogP contribution in [0.5, 0.6) is 0 Å². The van der Waals surface area contributed by atoms with Gasteiger partial charge < -0.3 is 10.4 Å². The van der Waals surface area contributed by atoms with Crippen molar-refractivity contribution in [2.24, 2.45) is 0 Å². The van der Waals surface area contributed by atoms with Crippen LogP contribution in [0.2, 0.25) is 0 Å². The van der Waals surface area contributed by atoms with Crippen LogP contribution in [0.4, 0.5) is 0 Å². The van der Waals surface area contributed by atoms with Gasteiger partial charge in [-0.15, -0.1) is 12.4 Å². The van der Waals surface area contributed by atoms with E-state index in [0.29, 0.717) is 0 Å². The van der Waals surface area contributed by atoms with E-state index < -0.39 is 5.60 Å². The van der Waals surface area contributed by atoms with Gasteiger partial charge in [-0.05, 0) is 26.5 Å². The second kappa shape index (κ2) is 5.35. The van der Waals surface area contributed by atoms with Gasteiger partial charge in [0.25, 0.3) is 0 Å². The Morgan fingerprint density at radius 2 is 1.71 bits per heavy atom. The van der Waals surface area contributed by atoms with E-state index in [9.17, 15) is 5.11 Å². The van der Waals surface area contributed by atoms with E-state index >= 15 is 0 Å². The van der Waals surface area contributed by atoms with Crippen molar-refractivity contribution in [2.45, 2.75) is 25.5 Å². The van der Waals surface area contributed by atoms with Gasteiger partial charge in [-0.25, -0.2) is 0 Å². The third-order valence-electron chi connectivity index (χ3n) is 2.13. The Morgan fingerprint density at radius 3 is 2.07 bits per heavy atom. The first-order valence-corrected chi connectivity index (χ1v) is 4.50. The molecule has 0 aliphatic heterocycles. The number of aliphatic hydroxyl groups is 1. The highest BCUT2D eigenvalue weighted by Crippen LogP contribution is 2.24. The van der Waals surface area contributed by atoms with Crippen molar-refractivity contribution in [1.82, 2.24) is 5.32 Å². The molecule has 1 aromatic carbocycles. The second-order valence-electron chi connectivity index (χ2n) is 3.79. The summed E-state index contributed by atoms with van der Waals surface area (Å²) in [5.74, 6) is 0. The van der Waals surface area contributed by atoms with Crippen LogP contribution in [-0.2, 0) is 0 Å². The maximum Gasteiger partial charge on any atom is 0.0785 e. The van der Waals surface area contributed by atoms with E-state index in [1.54, 1.807) is 13.8 Å². The number of benzene rings is 1. The fraction of sp³-hybridized carbons (Fsp3) is 0.455. The summed E-state index contributed by atoms with van der Waals surface area (Å²) in [5, 5.41) is 13.0. The highest BCUT2D eigenvalue weighted by molar-refractivity contribution is 5.85.